The minimum absolute atomic E-state index is 0.603. The lowest BCUT2D eigenvalue weighted by Crippen LogP contribution is -2.38. The summed E-state index contributed by atoms with van der Waals surface area (Å²) in [6.07, 6.45) is 1.05. The molecule has 0 aliphatic rings. The number of rotatable bonds is 6. The van der Waals surface area contributed by atoms with Gasteiger partial charge in [0.15, 0.2) is 0 Å². The second-order valence-electron chi connectivity index (χ2n) is 3.43. The zero-order valence-electron chi connectivity index (χ0n) is 8.59. The topological polar surface area (TPSA) is 44.5 Å². The molecule has 0 heterocycles. The zero-order chi connectivity index (χ0) is 9.61. The van der Waals surface area contributed by atoms with Crippen molar-refractivity contribution in [1.82, 2.24) is 0 Å². The third-order valence-corrected chi connectivity index (χ3v) is 5.41. The molecule has 1 atom stereocenters. The highest BCUT2D eigenvalue weighted by molar-refractivity contribution is 6.65. The van der Waals surface area contributed by atoms with Crippen molar-refractivity contribution in [2.24, 2.45) is 11.7 Å². The van der Waals surface area contributed by atoms with Gasteiger partial charge in [0.1, 0.15) is 0 Å². The van der Waals surface area contributed by atoms with Gasteiger partial charge < -0.3 is 14.6 Å². The van der Waals surface area contributed by atoms with E-state index in [0.717, 1.165) is 19.0 Å². The van der Waals surface area contributed by atoms with Gasteiger partial charge in [-0.05, 0) is 31.5 Å². The van der Waals surface area contributed by atoms with Gasteiger partial charge in [-0.15, -0.1) is 0 Å². The lowest BCUT2D eigenvalue weighted by atomic mass is 10.1. The predicted octanol–water partition coefficient (Wildman–Crippen LogP) is 1.34. The van der Waals surface area contributed by atoms with E-state index in [-0.39, 0.29) is 0 Å². The molecule has 4 heteroatoms. The summed E-state index contributed by atoms with van der Waals surface area (Å²) in [5.41, 5.74) is 5.46. The lowest BCUT2D eigenvalue weighted by molar-refractivity contribution is 0.242. The summed E-state index contributed by atoms with van der Waals surface area (Å²) in [6.45, 7) is 5.02. The fourth-order valence-corrected chi connectivity index (χ4v) is 3.24. The molecule has 0 spiro atoms. The Kier molecular flexibility index (Phi) is 5.74. The largest absolute Gasteiger partial charge is 0.398 e. The molecule has 0 saturated heterocycles. The Morgan fingerprint density at radius 2 is 1.83 bits per heavy atom. The maximum atomic E-state index is 5.46. The first-order valence-electron chi connectivity index (χ1n) is 4.38. The Hall–Kier alpha value is 0.0969. The van der Waals surface area contributed by atoms with Crippen LogP contribution in [-0.4, -0.2) is 29.3 Å². The van der Waals surface area contributed by atoms with Crippen LogP contribution in [0, 0.1) is 5.92 Å². The highest BCUT2D eigenvalue weighted by Gasteiger charge is 2.30. The van der Waals surface area contributed by atoms with E-state index in [2.05, 4.69) is 13.5 Å². The van der Waals surface area contributed by atoms with Gasteiger partial charge in [-0.25, -0.2) is 0 Å². The zero-order valence-corrected chi connectivity index (χ0v) is 9.59. The van der Waals surface area contributed by atoms with Gasteiger partial charge in [0.2, 0.25) is 0 Å². The number of hydrogen-bond acceptors (Lipinski definition) is 3. The van der Waals surface area contributed by atoms with Crippen molar-refractivity contribution in [3.63, 3.8) is 0 Å². The smallest absolute Gasteiger partial charge is 0.334 e. The van der Waals surface area contributed by atoms with Gasteiger partial charge in [-0.3, -0.25) is 0 Å². The molecule has 0 aliphatic carbocycles. The Morgan fingerprint density at radius 3 is 2.17 bits per heavy atom. The second-order valence-corrected chi connectivity index (χ2v) is 6.92. The average Bonchev–Trinajstić information content (AvgIpc) is 2.05. The van der Waals surface area contributed by atoms with E-state index in [4.69, 9.17) is 14.6 Å². The molecule has 0 aromatic rings. The van der Waals surface area contributed by atoms with Crippen molar-refractivity contribution in [2.45, 2.75) is 25.9 Å². The van der Waals surface area contributed by atoms with Crippen LogP contribution in [0.3, 0.4) is 0 Å². The fourth-order valence-electron chi connectivity index (χ4n) is 1.27. The molecule has 0 bridgehead atoms. The van der Waals surface area contributed by atoms with Crippen molar-refractivity contribution in [2.75, 3.05) is 20.8 Å². The van der Waals surface area contributed by atoms with Crippen LogP contribution in [-0.2, 0) is 8.85 Å². The van der Waals surface area contributed by atoms with Gasteiger partial charge >= 0.3 is 8.56 Å². The van der Waals surface area contributed by atoms with Crippen LogP contribution in [0.1, 0.15) is 13.3 Å². The molecule has 0 aromatic carbocycles. The van der Waals surface area contributed by atoms with Crippen LogP contribution < -0.4 is 5.73 Å². The lowest BCUT2D eigenvalue weighted by Gasteiger charge is -2.25. The number of hydrogen-bond donors (Lipinski definition) is 1. The van der Waals surface area contributed by atoms with Crippen LogP contribution >= 0.6 is 0 Å². The number of nitrogens with two attached hydrogens (primary N) is 1. The molecule has 74 valence electrons. The second kappa shape index (κ2) is 5.69. The van der Waals surface area contributed by atoms with Gasteiger partial charge in [-0.2, -0.15) is 0 Å². The molecule has 12 heavy (non-hydrogen) atoms. The Bertz CT molecular complexity index is 118. The summed E-state index contributed by atoms with van der Waals surface area (Å²) in [5, 5.41) is 0. The third kappa shape index (κ3) is 4.20. The van der Waals surface area contributed by atoms with Crippen LogP contribution in [0.25, 0.3) is 0 Å². The van der Waals surface area contributed by atoms with E-state index in [9.17, 15) is 0 Å². The highest BCUT2D eigenvalue weighted by Crippen LogP contribution is 2.19. The van der Waals surface area contributed by atoms with Gasteiger partial charge in [0.05, 0.1) is 0 Å². The SMILES string of the molecule is CO[Si](C)(CC(C)CCN)OC. The molecule has 2 N–H and O–H groups in total. The van der Waals surface area contributed by atoms with Gasteiger partial charge in [-0.1, -0.05) is 6.92 Å². The minimum Gasteiger partial charge on any atom is -0.398 e. The Labute approximate surface area is 76.5 Å². The minimum atomic E-state index is -1.85. The summed E-state index contributed by atoms with van der Waals surface area (Å²) in [4.78, 5) is 0. The molecule has 0 rings (SSSR count). The molecule has 3 nitrogen and oxygen atoms in total. The molecule has 0 fully saturated rings. The summed E-state index contributed by atoms with van der Waals surface area (Å²) in [5.74, 6) is 0.603. The van der Waals surface area contributed by atoms with E-state index in [1.807, 2.05) is 0 Å². The maximum Gasteiger partial charge on any atom is 0.334 e. The molecule has 0 aromatic heterocycles. The Morgan fingerprint density at radius 1 is 1.33 bits per heavy atom. The molecular weight excluding hydrogens is 170 g/mol. The normalized spacial score (nSPS) is 14.8. The van der Waals surface area contributed by atoms with E-state index in [0.29, 0.717) is 5.92 Å². The van der Waals surface area contributed by atoms with E-state index < -0.39 is 8.56 Å². The van der Waals surface area contributed by atoms with Crippen molar-refractivity contribution in [1.29, 1.82) is 0 Å². The van der Waals surface area contributed by atoms with Gasteiger partial charge in [0, 0.05) is 14.2 Å². The first kappa shape index (κ1) is 12.1. The van der Waals surface area contributed by atoms with Crippen LogP contribution in [0.15, 0.2) is 0 Å². The summed E-state index contributed by atoms with van der Waals surface area (Å²) in [7, 11) is 1.60. The molecule has 0 saturated carbocycles. The van der Waals surface area contributed by atoms with Crippen LogP contribution in [0.2, 0.25) is 12.6 Å². The molecule has 1 unspecified atom stereocenters. The predicted molar refractivity (Wildman–Crippen MR) is 53.3 cm³/mol. The first-order chi connectivity index (χ1) is 5.58. The van der Waals surface area contributed by atoms with Crippen molar-refractivity contribution >= 4 is 8.56 Å². The van der Waals surface area contributed by atoms with Crippen LogP contribution in [0.5, 0.6) is 0 Å². The van der Waals surface area contributed by atoms with Crippen molar-refractivity contribution in [3.05, 3.63) is 0 Å². The van der Waals surface area contributed by atoms with E-state index >= 15 is 0 Å². The van der Waals surface area contributed by atoms with E-state index in [1.165, 1.54) is 0 Å². The summed E-state index contributed by atoms with van der Waals surface area (Å²) in [6, 6.07) is 1.02. The molecular formula is C8H21NO2Si. The first-order valence-corrected chi connectivity index (χ1v) is 6.90. The summed E-state index contributed by atoms with van der Waals surface area (Å²) >= 11 is 0. The molecule has 0 radical (unpaired) electrons. The Balaban J connectivity index is 3.84. The molecule has 0 aliphatic heterocycles. The maximum absolute atomic E-state index is 5.46. The fraction of sp³-hybridized carbons (Fsp3) is 1.00. The average molecular weight is 191 g/mol. The van der Waals surface area contributed by atoms with Crippen LogP contribution in [0.4, 0.5) is 0 Å². The monoisotopic (exact) mass is 191 g/mol. The van der Waals surface area contributed by atoms with Crippen molar-refractivity contribution in [3.8, 4) is 0 Å². The van der Waals surface area contributed by atoms with Gasteiger partial charge in [0.25, 0.3) is 0 Å². The highest BCUT2D eigenvalue weighted by atomic mass is 28.4. The van der Waals surface area contributed by atoms with E-state index in [1.54, 1.807) is 14.2 Å². The molecule has 0 amide bonds. The quantitative estimate of drug-likeness (QED) is 0.644. The third-order valence-electron chi connectivity index (χ3n) is 2.24. The van der Waals surface area contributed by atoms with Crippen molar-refractivity contribution < 1.29 is 8.85 Å². The standard InChI is InChI=1S/C8H21NO2Si/c1-8(5-6-9)7-12(4,10-2)11-3/h8H,5-7,9H2,1-4H3. The summed E-state index contributed by atoms with van der Waals surface area (Å²) < 4.78 is 10.8.